The molecule has 2 N–H and O–H groups in total. The van der Waals surface area contributed by atoms with Gasteiger partial charge in [-0.1, -0.05) is 32.1 Å². The van der Waals surface area contributed by atoms with Gasteiger partial charge in [-0.3, -0.25) is 4.79 Å². The van der Waals surface area contributed by atoms with E-state index >= 15 is 0 Å². The first-order chi connectivity index (χ1) is 8.36. The van der Waals surface area contributed by atoms with Crippen molar-refractivity contribution in [3.05, 3.63) is 0 Å². The van der Waals surface area contributed by atoms with Crippen molar-refractivity contribution in [1.29, 1.82) is 0 Å². The molecule has 3 nitrogen and oxygen atoms in total. The van der Waals surface area contributed by atoms with Crippen LogP contribution in [0.15, 0.2) is 0 Å². The smallest absolute Gasteiger partial charge is 0.223 e. The van der Waals surface area contributed by atoms with Crippen LogP contribution in [-0.2, 0) is 4.79 Å². The summed E-state index contributed by atoms with van der Waals surface area (Å²) < 4.78 is 0. The molecular weight excluding hydrogens is 212 g/mol. The highest BCUT2D eigenvalue weighted by Gasteiger charge is 2.28. The molecule has 0 radical (unpaired) electrons. The molecule has 0 aromatic heterocycles. The zero-order valence-electron chi connectivity index (χ0n) is 10.8. The van der Waals surface area contributed by atoms with Gasteiger partial charge >= 0.3 is 0 Å². The van der Waals surface area contributed by atoms with Gasteiger partial charge in [0.1, 0.15) is 0 Å². The van der Waals surface area contributed by atoms with Crippen LogP contribution in [0.2, 0.25) is 0 Å². The molecule has 17 heavy (non-hydrogen) atoms. The third-order valence-electron chi connectivity index (χ3n) is 3.91. The summed E-state index contributed by atoms with van der Waals surface area (Å²) in [5.41, 5.74) is 0. The lowest BCUT2D eigenvalue weighted by Gasteiger charge is -2.21. The molecule has 98 valence electrons. The minimum absolute atomic E-state index is 0.268. The molecule has 2 rings (SSSR count). The standard InChI is InChI=1S/C14H26N2O/c17-14(12-8-9-12)16-11-10-15-13-6-4-2-1-3-5-7-13/h12-13,15H,1-11H2,(H,16,17). The SMILES string of the molecule is O=C(NCCNC1CCCCCCC1)C1CC1. The van der Waals surface area contributed by atoms with Crippen molar-refractivity contribution in [3.63, 3.8) is 0 Å². The molecular formula is C14H26N2O. The second-order valence-corrected chi connectivity index (χ2v) is 5.56. The number of hydrogen-bond acceptors (Lipinski definition) is 2. The average Bonchev–Trinajstić information content (AvgIpc) is 3.09. The third-order valence-corrected chi connectivity index (χ3v) is 3.91. The molecule has 0 heterocycles. The summed E-state index contributed by atoms with van der Waals surface area (Å²) in [6, 6.07) is 0.688. The van der Waals surface area contributed by atoms with Crippen molar-refractivity contribution in [2.75, 3.05) is 13.1 Å². The Balaban J connectivity index is 1.52. The van der Waals surface area contributed by atoms with E-state index in [0.29, 0.717) is 12.0 Å². The van der Waals surface area contributed by atoms with Crippen LogP contribution in [0.5, 0.6) is 0 Å². The van der Waals surface area contributed by atoms with Crippen LogP contribution >= 0.6 is 0 Å². The Hall–Kier alpha value is -0.570. The topological polar surface area (TPSA) is 41.1 Å². The molecule has 2 aliphatic carbocycles. The van der Waals surface area contributed by atoms with E-state index in [4.69, 9.17) is 0 Å². The van der Waals surface area contributed by atoms with E-state index in [1.165, 1.54) is 44.9 Å². The molecule has 3 heteroatoms. The molecule has 2 saturated carbocycles. The van der Waals surface area contributed by atoms with Crippen molar-refractivity contribution in [2.24, 2.45) is 5.92 Å². The van der Waals surface area contributed by atoms with Crippen LogP contribution < -0.4 is 10.6 Å². The predicted octanol–water partition coefficient (Wildman–Crippen LogP) is 2.22. The summed E-state index contributed by atoms with van der Waals surface area (Å²) in [6.45, 7) is 1.73. The number of carbonyl (C=O) groups is 1. The first-order valence-electron chi connectivity index (χ1n) is 7.37. The first-order valence-corrected chi connectivity index (χ1v) is 7.37. The van der Waals surface area contributed by atoms with Gasteiger partial charge in [0.2, 0.25) is 5.91 Å². The van der Waals surface area contributed by atoms with Crippen LogP contribution in [0.1, 0.15) is 57.8 Å². The molecule has 0 aliphatic heterocycles. The minimum Gasteiger partial charge on any atom is -0.355 e. The Kier molecular flexibility index (Phi) is 5.30. The molecule has 2 aliphatic rings. The molecule has 0 atom stereocenters. The lowest BCUT2D eigenvalue weighted by molar-refractivity contribution is -0.122. The van der Waals surface area contributed by atoms with Crippen LogP contribution in [0, 0.1) is 5.92 Å². The van der Waals surface area contributed by atoms with Gasteiger partial charge < -0.3 is 10.6 Å². The van der Waals surface area contributed by atoms with E-state index in [1.807, 2.05) is 0 Å². The molecule has 0 aromatic rings. The maximum Gasteiger partial charge on any atom is 0.223 e. The number of carbonyl (C=O) groups excluding carboxylic acids is 1. The van der Waals surface area contributed by atoms with Gasteiger partial charge in [0.15, 0.2) is 0 Å². The van der Waals surface area contributed by atoms with Crippen molar-refractivity contribution in [1.82, 2.24) is 10.6 Å². The predicted molar refractivity (Wildman–Crippen MR) is 69.8 cm³/mol. The largest absolute Gasteiger partial charge is 0.355 e. The average molecular weight is 238 g/mol. The zero-order valence-corrected chi connectivity index (χ0v) is 10.8. The molecule has 0 saturated heterocycles. The fraction of sp³-hybridized carbons (Fsp3) is 0.929. The fourth-order valence-electron chi connectivity index (χ4n) is 2.61. The number of hydrogen-bond donors (Lipinski definition) is 2. The fourth-order valence-corrected chi connectivity index (χ4v) is 2.61. The molecule has 0 bridgehead atoms. The minimum atomic E-state index is 0.268. The molecule has 0 unspecified atom stereocenters. The van der Waals surface area contributed by atoms with Crippen LogP contribution in [0.3, 0.4) is 0 Å². The quantitative estimate of drug-likeness (QED) is 0.721. The highest BCUT2D eigenvalue weighted by molar-refractivity contribution is 5.80. The van der Waals surface area contributed by atoms with Crippen LogP contribution in [0.25, 0.3) is 0 Å². The van der Waals surface area contributed by atoms with Gasteiger partial charge in [-0.15, -0.1) is 0 Å². The Morgan fingerprint density at radius 3 is 2.18 bits per heavy atom. The van der Waals surface area contributed by atoms with E-state index in [1.54, 1.807) is 0 Å². The van der Waals surface area contributed by atoms with E-state index in [0.717, 1.165) is 25.9 Å². The van der Waals surface area contributed by atoms with Crippen LogP contribution in [0.4, 0.5) is 0 Å². The van der Waals surface area contributed by atoms with Gasteiger partial charge in [0.25, 0.3) is 0 Å². The number of amides is 1. The Morgan fingerprint density at radius 1 is 0.882 bits per heavy atom. The Labute approximate surface area is 105 Å². The van der Waals surface area contributed by atoms with Crippen molar-refractivity contribution < 1.29 is 4.79 Å². The lowest BCUT2D eigenvalue weighted by atomic mass is 9.97. The lowest BCUT2D eigenvalue weighted by Crippen LogP contribution is -2.37. The summed E-state index contributed by atoms with van der Waals surface area (Å²) in [4.78, 5) is 11.4. The van der Waals surface area contributed by atoms with Gasteiger partial charge in [0.05, 0.1) is 0 Å². The van der Waals surface area contributed by atoms with Crippen molar-refractivity contribution in [2.45, 2.75) is 63.8 Å². The Morgan fingerprint density at radius 2 is 1.53 bits per heavy atom. The van der Waals surface area contributed by atoms with Crippen LogP contribution in [-0.4, -0.2) is 25.0 Å². The highest BCUT2D eigenvalue weighted by atomic mass is 16.2. The summed E-state index contributed by atoms with van der Waals surface area (Å²) in [5.74, 6) is 0.612. The first kappa shape index (κ1) is 12.9. The summed E-state index contributed by atoms with van der Waals surface area (Å²) in [5, 5.41) is 6.60. The second-order valence-electron chi connectivity index (χ2n) is 5.56. The zero-order chi connectivity index (χ0) is 11.9. The van der Waals surface area contributed by atoms with Gasteiger partial charge in [0, 0.05) is 25.0 Å². The molecule has 2 fully saturated rings. The maximum atomic E-state index is 11.4. The van der Waals surface area contributed by atoms with E-state index < -0.39 is 0 Å². The van der Waals surface area contributed by atoms with Crippen molar-refractivity contribution >= 4 is 5.91 Å². The Bertz CT molecular complexity index is 230. The summed E-state index contributed by atoms with van der Waals surface area (Å²) in [6.07, 6.45) is 11.8. The summed E-state index contributed by atoms with van der Waals surface area (Å²) >= 11 is 0. The van der Waals surface area contributed by atoms with Gasteiger partial charge in [-0.05, 0) is 25.7 Å². The molecule has 0 spiro atoms. The number of nitrogens with one attached hydrogen (secondary N) is 2. The molecule has 1 amide bonds. The van der Waals surface area contributed by atoms with E-state index in [2.05, 4.69) is 10.6 Å². The van der Waals surface area contributed by atoms with Crippen molar-refractivity contribution in [3.8, 4) is 0 Å². The number of rotatable bonds is 5. The van der Waals surface area contributed by atoms with Gasteiger partial charge in [-0.25, -0.2) is 0 Å². The highest BCUT2D eigenvalue weighted by Crippen LogP contribution is 2.28. The third kappa shape index (κ3) is 5.07. The van der Waals surface area contributed by atoms with Gasteiger partial charge in [-0.2, -0.15) is 0 Å². The monoisotopic (exact) mass is 238 g/mol. The normalized spacial score (nSPS) is 22.8. The van der Waals surface area contributed by atoms with E-state index in [-0.39, 0.29) is 5.91 Å². The second kappa shape index (κ2) is 7.00. The van der Waals surface area contributed by atoms with E-state index in [9.17, 15) is 4.79 Å². The molecule has 0 aromatic carbocycles. The summed E-state index contributed by atoms with van der Waals surface area (Å²) in [7, 11) is 0. The maximum absolute atomic E-state index is 11.4.